The van der Waals surface area contributed by atoms with Gasteiger partial charge >= 0.3 is 11.9 Å². The summed E-state index contributed by atoms with van der Waals surface area (Å²) in [5.74, 6) is -0.0142. The fourth-order valence-corrected chi connectivity index (χ4v) is 10.1. The molecule has 0 unspecified atom stereocenters. The number of hydrogen-bond acceptors (Lipinski definition) is 12. The smallest absolute Gasteiger partial charge is 0.306 e. The quantitative estimate of drug-likeness (QED) is 0.0338. The standard InChI is InChI=1S/C63H123N5O7/c1-7-11-15-19-25-33-41-57(42-34-26-20-16-12-8-2)74-61(69)45-37-29-23-31-39-47-66-49-55(64)52-71-60-54-72-59(51-68(5)6)63(60)73-53-56(65)50-67-48-40-32-24-30-38-46-62(70)75-58(43-35-27-21-17-13-9-3)44-36-28-22-18-14-10-4/h49-50,57-60,63,66-67H,7-48,51-54,64-65H2,1-6H3/b55-49-,56-50-/t59-,60+,63-/m1/s1. The summed E-state index contributed by atoms with van der Waals surface area (Å²) in [6.45, 7) is 12.4. The lowest BCUT2D eigenvalue weighted by molar-refractivity contribution is -0.151. The van der Waals surface area contributed by atoms with Gasteiger partial charge in [-0.25, -0.2) is 0 Å². The van der Waals surface area contributed by atoms with E-state index in [4.69, 9.17) is 35.2 Å². The van der Waals surface area contributed by atoms with E-state index in [0.717, 1.165) is 103 Å². The Hall–Kier alpha value is -2.54. The van der Waals surface area contributed by atoms with Crippen molar-refractivity contribution < 1.29 is 33.3 Å². The van der Waals surface area contributed by atoms with Crippen molar-refractivity contribution in [1.82, 2.24) is 15.5 Å². The van der Waals surface area contributed by atoms with E-state index in [2.05, 4.69) is 43.2 Å². The summed E-state index contributed by atoms with van der Waals surface area (Å²) in [7, 11) is 4.06. The molecule has 0 aromatic heterocycles. The number of nitrogens with one attached hydrogen (secondary N) is 2. The van der Waals surface area contributed by atoms with Gasteiger partial charge in [-0.1, -0.05) is 195 Å². The predicted molar refractivity (Wildman–Crippen MR) is 315 cm³/mol. The van der Waals surface area contributed by atoms with Crippen LogP contribution >= 0.6 is 0 Å². The maximum absolute atomic E-state index is 12.8. The lowest BCUT2D eigenvalue weighted by Crippen LogP contribution is -2.41. The molecule has 0 amide bonds. The molecule has 0 radical (unpaired) electrons. The Morgan fingerprint density at radius 3 is 1.20 bits per heavy atom. The van der Waals surface area contributed by atoms with Crippen LogP contribution < -0.4 is 22.1 Å². The molecule has 0 spiro atoms. The van der Waals surface area contributed by atoms with Crippen molar-refractivity contribution in [3.05, 3.63) is 23.8 Å². The number of unbranched alkanes of at least 4 members (excludes halogenated alkanes) is 28. The van der Waals surface area contributed by atoms with Gasteiger partial charge in [-0.15, -0.1) is 0 Å². The highest BCUT2D eigenvalue weighted by Crippen LogP contribution is 2.23. The Balaban J connectivity index is 2.32. The normalized spacial score (nSPS) is 16.2. The highest BCUT2D eigenvalue weighted by molar-refractivity contribution is 5.69. The van der Waals surface area contributed by atoms with E-state index >= 15 is 0 Å². The molecule has 1 heterocycles. The van der Waals surface area contributed by atoms with Crippen LogP contribution in [0.2, 0.25) is 0 Å². The minimum Gasteiger partial charge on any atom is -0.462 e. The Morgan fingerprint density at radius 1 is 0.493 bits per heavy atom. The molecule has 3 atom stereocenters. The molecular weight excluding hydrogens is 939 g/mol. The zero-order valence-corrected chi connectivity index (χ0v) is 50.0. The van der Waals surface area contributed by atoms with E-state index in [1.165, 1.54) is 154 Å². The molecule has 1 saturated heterocycles. The second-order valence-corrected chi connectivity index (χ2v) is 22.6. The molecule has 75 heavy (non-hydrogen) atoms. The van der Waals surface area contributed by atoms with Crippen LogP contribution in [0.1, 0.15) is 285 Å². The number of rotatable bonds is 56. The number of esters is 2. The average molecular weight is 1060 g/mol. The van der Waals surface area contributed by atoms with E-state index in [1.807, 2.05) is 26.5 Å². The first-order valence-corrected chi connectivity index (χ1v) is 31.9. The zero-order chi connectivity index (χ0) is 54.7. The summed E-state index contributed by atoms with van der Waals surface area (Å²) in [5, 5.41) is 6.71. The maximum Gasteiger partial charge on any atom is 0.306 e. The van der Waals surface area contributed by atoms with Gasteiger partial charge in [0.1, 0.15) is 24.4 Å². The Kier molecular flexibility index (Phi) is 49.0. The lowest BCUT2D eigenvalue weighted by atomic mass is 10.0. The van der Waals surface area contributed by atoms with Crippen molar-refractivity contribution in [2.45, 2.75) is 315 Å². The van der Waals surface area contributed by atoms with Gasteiger partial charge in [0.15, 0.2) is 0 Å². The molecular formula is C63H123N5O7. The average Bonchev–Trinajstić information content (AvgIpc) is 3.77. The van der Waals surface area contributed by atoms with Crippen LogP contribution in [-0.4, -0.2) is 101 Å². The van der Waals surface area contributed by atoms with Gasteiger partial charge in [-0.2, -0.15) is 0 Å². The van der Waals surface area contributed by atoms with Crippen molar-refractivity contribution in [2.75, 3.05) is 53.6 Å². The molecule has 12 nitrogen and oxygen atoms in total. The molecule has 6 N–H and O–H groups in total. The third-order valence-corrected chi connectivity index (χ3v) is 14.8. The van der Waals surface area contributed by atoms with Crippen LogP contribution in [-0.2, 0) is 33.3 Å². The van der Waals surface area contributed by atoms with Gasteiger partial charge in [-0.05, 0) is 91.1 Å². The minimum absolute atomic E-state index is 0.00699. The highest BCUT2D eigenvalue weighted by Gasteiger charge is 2.39. The van der Waals surface area contributed by atoms with Crippen LogP contribution in [0.25, 0.3) is 0 Å². The second-order valence-electron chi connectivity index (χ2n) is 22.6. The largest absolute Gasteiger partial charge is 0.462 e. The summed E-state index contributed by atoms with van der Waals surface area (Å²) in [5.41, 5.74) is 14.0. The third kappa shape index (κ3) is 44.1. The Morgan fingerprint density at radius 2 is 0.827 bits per heavy atom. The molecule has 12 heteroatoms. The van der Waals surface area contributed by atoms with Crippen molar-refractivity contribution in [3.63, 3.8) is 0 Å². The van der Waals surface area contributed by atoms with E-state index < -0.39 is 0 Å². The second kappa shape index (κ2) is 52.2. The SMILES string of the molecule is CCCCCCCCC(CCCCCCCC)OC(=O)CCCCCCCN/C=C(\N)CO[C@H]1[C@@H](OC/C(N)=C/NCCCCCCCC(=O)OC(CCCCCCCC)CCCCCCCC)CO[C@@H]1CN(C)C. The van der Waals surface area contributed by atoms with Crippen LogP contribution in [0, 0.1) is 0 Å². The Labute approximate surface area is 462 Å². The fraction of sp³-hybridized carbons (Fsp3) is 0.905. The number of hydrogen-bond donors (Lipinski definition) is 4. The van der Waals surface area contributed by atoms with Crippen molar-refractivity contribution in [1.29, 1.82) is 0 Å². The fourth-order valence-electron chi connectivity index (χ4n) is 10.1. The van der Waals surface area contributed by atoms with Crippen molar-refractivity contribution in [3.8, 4) is 0 Å². The van der Waals surface area contributed by atoms with E-state index in [-0.39, 0.29) is 55.7 Å². The first kappa shape index (κ1) is 70.5. The first-order valence-electron chi connectivity index (χ1n) is 31.9. The monoisotopic (exact) mass is 1060 g/mol. The van der Waals surface area contributed by atoms with E-state index in [0.29, 0.717) is 37.4 Å². The number of likely N-dealkylation sites (N-methyl/N-ethyl adjacent to an activating group) is 1. The summed E-state index contributed by atoms with van der Waals surface area (Å²) >= 11 is 0. The van der Waals surface area contributed by atoms with Gasteiger partial charge in [0.25, 0.3) is 0 Å². The van der Waals surface area contributed by atoms with Gasteiger partial charge in [0, 0.05) is 44.9 Å². The molecule has 0 aliphatic carbocycles. The van der Waals surface area contributed by atoms with Gasteiger partial charge in [-0.3, -0.25) is 9.59 Å². The summed E-state index contributed by atoms with van der Waals surface area (Å²) < 4.78 is 30.8. The molecule has 0 aromatic carbocycles. The van der Waals surface area contributed by atoms with E-state index in [1.54, 1.807) is 0 Å². The molecule has 1 fully saturated rings. The van der Waals surface area contributed by atoms with Gasteiger partial charge in [0.05, 0.1) is 37.3 Å². The maximum atomic E-state index is 12.8. The van der Waals surface area contributed by atoms with Crippen molar-refractivity contribution in [2.24, 2.45) is 11.5 Å². The molecule has 442 valence electrons. The van der Waals surface area contributed by atoms with Gasteiger partial charge < -0.3 is 50.7 Å². The highest BCUT2D eigenvalue weighted by atomic mass is 16.6. The minimum atomic E-state index is -0.276. The number of carbonyl (C=O) groups is 2. The number of nitrogens with two attached hydrogens (primary N) is 2. The number of nitrogens with zero attached hydrogens (tertiary/aromatic N) is 1. The van der Waals surface area contributed by atoms with Gasteiger partial charge in [0.2, 0.25) is 0 Å². The van der Waals surface area contributed by atoms with Crippen LogP contribution in [0.5, 0.6) is 0 Å². The van der Waals surface area contributed by atoms with E-state index in [9.17, 15) is 9.59 Å². The molecule has 1 rings (SSSR count). The van der Waals surface area contributed by atoms with Crippen LogP contribution in [0.3, 0.4) is 0 Å². The van der Waals surface area contributed by atoms with Crippen LogP contribution in [0.15, 0.2) is 23.8 Å². The first-order chi connectivity index (χ1) is 36.6. The summed E-state index contributed by atoms with van der Waals surface area (Å²) in [6, 6.07) is 0. The topological polar surface area (TPSA) is 160 Å². The Bertz CT molecular complexity index is 1320. The molecule has 0 bridgehead atoms. The molecule has 1 aliphatic rings. The van der Waals surface area contributed by atoms with Crippen molar-refractivity contribution >= 4 is 11.9 Å². The zero-order valence-electron chi connectivity index (χ0n) is 50.0. The lowest BCUT2D eigenvalue weighted by Gasteiger charge is -2.25. The predicted octanol–water partition coefficient (Wildman–Crippen LogP) is 15.0. The molecule has 1 aliphatic heterocycles. The number of carbonyl (C=O) groups excluding carboxylic acids is 2. The summed E-state index contributed by atoms with van der Waals surface area (Å²) in [6.07, 6.45) is 49.2. The van der Waals surface area contributed by atoms with Crippen LogP contribution in [0.4, 0.5) is 0 Å². The third-order valence-electron chi connectivity index (χ3n) is 14.8. The number of ether oxygens (including phenoxy) is 5. The summed E-state index contributed by atoms with van der Waals surface area (Å²) in [4.78, 5) is 27.7. The molecule has 0 aromatic rings. The molecule has 0 saturated carbocycles.